The zero-order chi connectivity index (χ0) is 17.9. The van der Waals surface area contributed by atoms with Crippen molar-refractivity contribution >= 4 is 24.1 Å². The Labute approximate surface area is 163 Å². The van der Waals surface area contributed by atoms with E-state index in [1.54, 1.807) is 0 Å². The average Bonchev–Trinajstić information content (AvgIpc) is 2.65. The van der Waals surface area contributed by atoms with Crippen molar-refractivity contribution in [1.82, 2.24) is 10.6 Å². The van der Waals surface area contributed by atoms with Gasteiger partial charge in [-0.05, 0) is 56.7 Å². The van der Waals surface area contributed by atoms with Crippen LogP contribution in [0.2, 0.25) is 0 Å². The second kappa shape index (κ2) is 12.9. The number of hydrogen-bond acceptors (Lipinski definition) is 3. The van der Waals surface area contributed by atoms with Crippen molar-refractivity contribution < 1.29 is 9.59 Å². The monoisotopic (exact) mass is 380 g/mol. The first-order valence-electron chi connectivity index (χ1n) is 9.78. The number of hydrogen-bond donors (Lipinski definition) is 2. The van der Waals surface area contributed by atoms with E-state index in [-0.39, 0.29) is 36.9 Å². The molecule has 0 bridgehead atoms. The summed E-state index contributed by atoms with van der Waals surface area (Å²) in [6, 6.07) is 7.84. The first-order valence-corrected chi connectivity index (χ1v) is 9.78. The quantitative estimate of drug-likeness (QED) is 0.605. The maximum atomic E-state index is 12.2. The number of ketones is 1. The summed E-state index contributed by atoms with van der Waals surface area (Å²) in [4.78, 5) is 24.1. The number of amides is 1. The minimum absolute atomic E-state index is 0. The van der Waals surface area contributed by atoms with Crippen LogP contribution in [0.4, 0.5) is 0 Å². The lowest BCUT2D eigenvalue weighted by Gasteiger charge is -2.22. The van der Waals surface area contributed by atoms with Crippen LogP contribution in [0.15, 0.2) is 24.3 Å². The number of benzene rings is 1. The number of carbonyl (C=O) groups excluding carboxylic acids is 2. The van der Waals surface area contributed by atoms with Crippen LogP contribution in [0.3, 0.4) is 0 Å². The van der Waals surface area contributed by atoms with Gasteiger partial charge >= 0.3 is 0 Å². The van der Waals surface area contributed by atoms with Crippen LogP contribution in [0, 0.1) is 5.92 Å². The topological polar surface area (TPSA) is 58.2 Å². The summed E-state index contributed by atoms with van der Waals surface area (Å²) in [5.41, 5.74) is 1.98. The molecule has 1 atom stereocenters. The molecular weight excluding hydrogens is 348 g/mol. The lowest BCUT2D eigenvalue weighted by molar-refractivity contribution is -0.121. The van der Waals surface area contributed by atoms with E-state index in [2.05, 4.69) is 17.6 Å². The smallest absolute Gasteiger partial charge is 0.220 e. The van der Waals surface area contributed by atoms with E-state index in [4.69, 9.17) is 0 Å². The van der Waals surface area contributed by atoms with Gasteiger partial charge in [-0.3, -0.25) is 9.59 Å². The molecule has 1 aliphatic rings. The van der Waals surface area contributed by atoms with Crippen LogP contribution < -0.4 is 10.6 Å². The van der Waals surface area contributed by atoms with Gasteiger partial charge in [0, 0.05) is 24.9 Å². The molecule has 26 heavy (non-hydrogen) atoms. The molecule has 1 saturated heterocycles. The molecule has 4 nitrogen and oxygen atoms in total. The van der Waals surface area contributed by atoms with Crippen LogP contribution in [0.25, 0.3) is 0 Å². The molecule has 146 valence electrons. The van der Waals surface area contributed by atoms with Gasteiger partial charge in [0.15, 0.2) is 5.78 Å². The van der Waals surface area contributed by atoms with Gasteiger partial charge in [0.05, 0.1) is 0 Å². The third-order valence-corrected chi connectivity index (χ3v) is 4.95. The Balaban J connectivity index is 0.00000338. The van der Waals surface area contributed by atoms with Crippen molar-refractivity contribution in [2.45, 2.75) is 58.3 Å². The van der Waals surface area contributed by atoms with E-state index in [1.165, 1.54) is 31.2 Å². The Hall–Kier alpha value is -1.39. The zero-order valence-electron chi connectivity index (χ0n) is 15.9. The first-order chi connectivity index (χ1) is 12.2. The lowest BCUT2D eigenvalue weighted by atomic mass is 9.96. The van der Waals surface area contributed by atoms with Crippen LogP contribution in [-0.2, 0) is 11.2 Å². The fourth-order valence-corrected chi connectivity index (χ4v) is 3.28. The van der Waals surface area contributed by atoms with Crippen LogP contribution in [-0.4, -0.2) is 31.3 Å². The Morgan fingerprint density at radius 3 is 2.62 bits per heavy atom. The first kappa shape index (κ1) is 22.7. The molecule has 1 fully saturated rings. The number of carbonyl (C=O) groups is 2. The Kier molecular flexibility index (Phi) is 11.2. The Morgan fingerprint density at radius 2 is 1.96 bits per heavy atom. The molecule has 1 unspecified atom stereocenters. The summed E-state index contributed by atoms with van der Waals surface area (Å²) in [5, 5.41) is 6.34. The highest BCUT2D eigenvalue weighted by molar-refractivity contribution is 5.97. The maximum absolute atomic E-state index is 12.2. The van der Waals surface area contributed by atoms with Gasteiger partial charge in [-0.2, -0.15) is 0 Å². The van der Waals surface area contributed by atoms with E-state index in [0.717, 1.165) is 25.9 Å². The molecule has 2 N–H and O–H groups in total. The molecule has 1 aliphatic heterocycles. The third kappa shape index (κ3) is 8.33. The number of unbranched alkanes of at least 4 members (excludes halogenated alkanes) is 1. The number of halogens is 1. The van der Waals surface area contributed by atoms with Crippen LogP contribution in [0.1, 0.15) is 67.8 Å². The molecular formula is C21H33ClN2O2. The molecule has 0 spiro atoms. The molecule has 1 aromatic rings. The van der Waals surface area contributed by atoms with Crippen molar-refractivity contribution in [2.24, 2.45) is 5.92 Å². The number of Topliss-reactive ketones (excluding diaryl/α,β-unsaturated/α-hetero) is 1. The second-order valence-electron chi connectivity index (χ2n) is 7.07. The normalized spacial score (nSPS) is 16.6. The van der Waals surface area contributed by atoms with Gasteiger partial charge in [0.2, 0.25) is 5.91 Å². The van der Waals surface area contributed by atoms with Gasteiger partial charge in [-0.25, -0.2) is 0 Å². The average molecular weight is 381 g/mol. The molecule has 0 aliphatic carbocycles. The molecule has 0 saturated carbocycles. The highest BCUT2D eigenvalue weighted by atomic mass is 35.5. The van der Waals surface area contributed by atoms with Crippen molar-refractivity contribution in [3.05, 3.63) is 35.4 Å². The van der Waals surface area contributed by atoms with Gasteiger partial charge in [-0.1, -0.05) is 37.6 Å². The molecule has 1 aromatic carbocycles. The summed E-state index contributed by atoms with van der Waals surface area (Å²) in [5.74, 6) is 0.701. The largest absolute Gasteiger partial charge is 0.356 e. The molecule has 0 aromatic heterocycles. The molecule has 0 radical (unpaired) electrons. The van der Waals surface area contributed by atoms with Gasteiger partial charge in [0.1, 0.15) is 0 Å². The minimum Gasteiger partial charge on any atom is -0.356 e. The number of rotatable bonds is 10. The zero-order valence-corrected chi connectivity index (χ0v) is 16.7. The maximum Gasteiger partial charge on any atom is 0.220 e. The number of piperidine rings is 1. The van der Waals surface area contributed by atoms with Crippen LogP contribution in [0.5, 0.6) is 0 Å². The number of aryl methyl sites for hydroxylation is 1. The minimum atomic E-state index is -0.0170. The number of nitrogens with one attached hydrogen (secondary N) is 2. The predicted molar refractivity (Wildman–Crippen MR) is 109 cm³/mol. The Morgan fingerprint density at radius 1 is 1.19 bits per heavy atom. The van der Waals surface area contributed by atoms with E-state index in [0.29, 0.717) is 18.0 Å². The van der Waals surface area contributed by atoms with E-state index in [1.807, 2.05) is 24.3 Å². The predicted octanol–water partition coefficient (Wildman–Crippen LogP) is 3.92. The standard InChI is InChI=1S/C21H32N2O2.ClH/c1-2-3-5-17-7-9-19(10-8-17)20(24)11-12-21(25)23-15-13-18-6-4-14-22-16-18;/h7-10,18,22H,2-6,11-16H2,1H3,(H,23,25);1H. The highest BCUT2D eigenvalue weighted by Crippen LogP contribution is 2.13. The molecule has 2 rings (SSSR count). The summed E-state index contributed by atoms with van der Waals surface area (Å²) in [7, 11) is 0. The Bertz CT molecular complexity index is 539. The van der Waals surface area contributed by atoms with Gasteiger partial charge in [-0.15, -0.1) is 12.4 Å². The fourth-order valence-electron chi connectivity index (χ4n) is 3.28. The summed E-state index contributed by atoms with van der Waals surface area (Å²) >= 11 is 0. The lowest BCUT2D eigenvalue weighted by Crippen LogP contribution is -2.33. The van der Waals surface area contributed by atoms with Crippen LogP contribution >= 0.6 is 12.4 Å². The third-order valence-electron chi connectivity index (χ3n) is 4.95. The highest BCUT2D eigenvalue weighted by Gasteiger charge is 2.13. The SMILES string of the molecule is CCCCc1ccc(C(=O)CCC(=O)NCCC2CCCNC2)cc1.Cl. The van der Waals surface area contributed by atoms with Gasteiger partial charge in [0.25, 0.3) is 0 Å². The second-order valence-corrected chi connectivity index (χ2v) is 7.07. The van der Waals surface area contributed by atoms with Crippen molar-refractivity contribution in [2.75, 3.05) is 19.6 Å². The molecule has 5 heteroatoms. The van der Waals surface area contributed by atoms with E-state index in [9.17, 15) is 9.59 Å². The molecule has 1 amide bonds. The van der Waals surface area contributed by atoms with Crippen molar-refractivity contribution in [1.29, 1.82) is 0 Å². The molecule has 1 heterocycles. The fraction of sp³-hybridized carbons (Fsp3) is 0.619. The van der Waals surface area contributed by atoms with Gasteiger partial charge < -0.3 is 10.6 Å². The van der Waals surface area contributed by atoms with E-state index < -0.39 is 0 Å². The van der Waals surface area contributed by atoms with Crippen molar-refractivity contribution in [3.63, 3.8) is 0 Å². The van der Waals surface area contributed by atoms with E-state index >= 15 is 0 Å². The summed E-state index contributed by atoms with van der Waals surface area (Å²) in [6.45, 7) is 5.06. The van der Waals surface area contributed by atoms with Crippen molar-refractivity contribution in [3.8, 4) is 0 Å². The summed E-state index contributed by atoms with van der Waals surface area (Å²) < 4.78 is 0. The summed E-state index contributed by atoms with van der Waals surface area (Å²) in [6.07, 6.45) is 7.46.